The fourth-order valence-corrected chi connectivity index (χ4v) is 0.895. The molecule has 54 valence electrons. The number of hydrogen-bond acceptors (Lipinski definition) is 1. The van der Waals surface area contributed by atoms with E-state index >= 15 is 0 Å². The highest BCUT2D eigenvalue weighted by atomic mass is 16.2. The monoisotopic (exact) mass is 128 g/mol. The predicted molar refractivity (Wildman–Crippen MR) is 40.3 cm³/mol. The molecular formula is C8H16O. The summed E-state index contributed by atoms with van der Waals surface area (Å²) in [5, 5.41) is 8.58. The quantitative estimate of drug-likeness (QED) is 0.576. The van der Waals surface area contributed by atoms with Gasteiger partial charge in [0.2, 0.25) is 0 Å². The Morgan fingerprint density at radius 3 is 2.22 bits per heavy atom. The van der Waals surface area contributed by atoms with Crippen LogP contribution in [-0.2, 0) is 0 Å². The zero-order valence-corrected chi connectivity index (χ0v) is 6.52. The maximum atomic E-state index is 8.58. The van der Waals surface area contributed by atoms with Crippen LogP contribution in [0.4, 0.5) is 0 Å². The first-order valence-corrected chi connectivity index (χ1v) is 3.48. The van der Waals surface area contributed by atoms with Crippen LogP contribution in [0, 0.1) is 5.92 Å². The van der Waals surface area contributed by atoms with E-state index in [1.54, 1.807) is 0 Å². The maximum absolute atomic E-state index is 8.58. The van der Waals surface area contributed by atoms with Crippen LogP contribution >= 0.6 is 0 Å². The second-order valence-corrected chi connectivity index (χ2v) is 2.49. The number of aliphatic hydroxyl groups excluding tert-OH is 1. The van der Waals surface area contributed by atoms with Crippen molar-refractivity contribution in [1.29, 1.82) is 0 Å². The van der Waals surface area contributed by atoms with Crippen LogP contribution in [0.3, 0.4) is 0 Å². The molecule has 1 N–H and O–H groups in total. The molecule has 0 aliphatic rings. The molecule has 0 bridgehead atoms. The van der Waals surface area contributed by atoms with Crippen LogP contribution in [0.5, 0.6) is 0 Å². The minimum Gasteiger partial charge on any atom is -0.396 e. The molecule has 0 aliphatic carbocycles. The van der Waals surface area contributed by atoms with Gasteiger partial charge in [0.25, 0.3) is 0 Å². The van der Waals surface area contributed by atoms with E-state index in [4.69, 9.17) is 5.11 Å². The molecule has 0 heterocycles. The minimum absolute atomic E-state index is 0.276. The summed E-state index contributed by atoms with van der Waals surface area (Å²) in [5.41, 5.74) is 1.34. The third-order valence-electron chi connectivity index (χ3n) is 1.51. The summed E-state index contributed by atoms with van der Waals surface area (Å²) in [6.45, 7) is 6.58. The van der Waals surface area contributed by atoms with E-state index in [1.165, 1.54) is 5.57 Å². The molecule has 0 amide bonds. The van der Waals surface area contributed by atoms with Crippen molar-refractivity contribution in [1.82, 2.24) is 0 Å². The summed E-state index contributed by atoms with van der Waals surface area (Å²) in [7, 11) is 0. The van der Waals surface area contributed by atoms with E-state index < -0.39 is 0 Å². The highest BCUT2D eigenvalue weighted by molar-refractivity contribution is 5.02. The van der Waals surface area contributed by atoms with Crippen molar-refractivity contribution < 1.29 is 5.11 Å². The number of hydrogen-bond donors (Lipinski definition) is 1. The van der Waals surface area contributed by atoms with E-state index in [0.717, 1.165) is 6.42 Å². The van der Waals surface area contributed by atoms with E-state index in [0.29, 0.717) is 5.92 Å². The Labute approximate surface area is 57.4 Å². The van der Waals surface area contributed by atoms with Crippen LogP contribution in [0.1, 0.15) is 27.2 Å². The summed E-state index contributed by atoms with van der Waals surface area (Å²) in [6, 6.07) is 0. The van der Waals surface area contributed by atoms with Crippen molar-refractivity contribution in [2.24, 2.45) is 5.92 Å². The molecule has 0 saturated heterocycles. The molecule has 0 rings (SSSR count). The number of aliphatic hydroxyl groups is 1. The van der Waals surface area contributed by atoms with Crippen molar-refractivity contribution in [2.75, 3.05) is 6.61 Å². The van der Waals surface area contributed by atoms with Crippen molar-refractivity contribution in [2.45, 2.75) is 27.2 Å². The Hall–Kier alpha value is -0.300. The topological polar surface area (TPSA) is 20.2 Å². The first-order chi connectivity index (χ1) is 4.22. The van der Waals surface area contributed by atoms with Crippen LogP contribution < -0.4 is 0 Å². The third-order valence-corrected chi connectivity index (χ3v) is 1.51. The van der Waals surface area contributed by atoms with Crippen molar-refractivity contribution in [3.8, 4) is 0 Å². The fourth-order valence-electron chi connectivity index (χ4n) is 0.895. The zero-order valence-electron chi connectivity index (χ0n) is 6.52. The molecule has 0 unspecified atom stereocenters. The van der Waals surface area contributed by atoms with Crippen LogP contribution in [0.25, 0.3) is 0 Å². The summed E-state index contributed by atoms with van der Waals surface area (Å²) in [6.07, 6.45) is 2.91. The van der Waals surface area contributed by atoms with Gasteiger partial charge in [-0.3, -0.25) is 0 Å². The summed E-state index contributed by atoms with van der Waals surface area (Å²) in [4.78, 5) is 0. The van der Waals surface area contributed by atoms with E-state index in [9.17, 15) is 0 Å². The lowest BCUT2D eigenvalue weighted by molar-refractivity contribution is 0.295. The van der Waals surface area contributed by atoms with Gasteiger partial charge in [-0.1, -0.05) is 25.5 Å². The van der Waals surface area contributed by atoms with Gasteiger partial charge in [-0.25, -0.2) is 0 Å². The maximum Gasteiger partial charge on any atom is 0.0468 e. The molecule has 0 aromatic rings. The first kappa shape index (κ1) is 8.70. The van der Waals surface area contributed by atoms with Crippen molar-refractivity contribution >= 4 is 0 Å². The Balaban J connectivity index is 3.70. The summed E-state index contributed by atoms with van der Waals surface area (Å²) < 4.78 is 0. The van der Waals surface area contributed by atoms with E-state index in [2.05, 4.69) is 19.9 Å². The molecule has 0 aliphatic heterocycles. The lowest BCUT2D eigenvalue weighted by atomic mass is 10.0. The molecule has 0 aromatic heterocycles. The second-order valence-electron chi connectivity index (χ2n) is 2.49. The average Bonchev–Trinajstić information content (AvgIpc) is 1.82. The Kier molecular flexibility index (Phi) is 4.41. The van der Waals surface area contributed by atoms with E-state index in [-0.39, 0.29) is 6.61 Å². The zero-order chi connectivity index (χ0) is 7.28. The standard InChI is InChI=1S/C8H16O/c1-4-8(5-6-9)7(2)3/h4,7,9H,5-6H2,1-3H3/b8-4+. The van der Waals surface area contributed by atoms with Gasteiger partial charge in [-0.05, 0) is 19.3 Å². The molecule has 1 nitrogen and oxygen atoms in total. The smallest absolute Gasteiger partial charge is 0.0468 e. The first-order valence-electron chi connectivity index (χ1n) is 3.48. The van der Waals surface area contributed by atoms with Crippen LogP contribution in [0.15, 0.2) is 11.6 Å². The van der Waals surface area contributed by atoms with Crippen molar-refractivity contribution in [3.05, 3.63) is 11.6 Å². The molecule has 0 radical (unpaired) electrons. The molecular weight excluding hydrogens is 112 g/mol. The molecule has 0 saturated carbocycles. The van der Waals surface area contributed by atoms with Gasteiger partial charge < -0.3 is 5.11 Å². The lowest BCUT2D eigenvalue weighted by Crippen LogP contribution is -1.96. The third kappa shape index (κ3) is 3.31. The van der Waals surface area contributed by atoms with Gasteiger partial charge in [0.05, 0.1) is 0 Å². The van der Waals surface area contributed by atoms with Crippen LogP contribution in [0.2, 0.25) is 0 Å². The number of allylic oxidation sites excluding steroid dienone is 1. The molecule has 0 aromatic carbocycles. The largest absolute Gasteiger partial charge is 0.396 e. The van der Waals surface area contributed by atoms with E-state index in [1.807, 2.05) is 6.92 Å². The lowest BCUT2D eigenvalue weighted by Gasteiger charge is -2.07. The fraction of sp³-hybridized carbons (Fsp3) is 0.750. The number of rotatable bonds is 3. The van der Waals surface area contributed by atoms with Gasteiger partial charge in [0.1, 0.15) is 0 Å². The SMILES string of the molecule is C/C=C(\CCO)C(C)C. The molecule has 0 fully saturated rings. The summed E-state index contributed by atoms with van der Waals surface area (Å²) in [5.74, 6) is 0.585. The highest BCUT2D eigenvalue weighted by Gasteiger charge is 1.98. The van der Waals surface area contributed by atoms with Gasteiger partial charge in [0, 0.05) is 6.61 Å². The average molecular weight is 128 g/mol. The molecule has 0 spiro atoms. The van der Waals surface area contributed by atoms with Gasteiger partial charge in [0.15, 0.2) is 0 Å². The van der Waals surface area contributed by atoms with Crippen molar-refractivity contribution in [3.63, 3.8) is 0 Å². The highest BCUT2D eigenvalue weighted by Crippen LogP contribution is 2.11. The normalized spacial score (nSPS) is 12.8. The Morgan fingerprint density at radius 2 is 2.11 bits per heavy atom. The molecule has 1 heteroatoms. The predicted octanol–water partition coefficient (Wildman–Crippen LogP) is 1.97. The molecule has 0 atom stereocenters. The minimum atomic E-state index is 0.276. The Morgan fingerprint density at radius 1 is 1.56 bits per heavy atom. The molecule has 9 heavy (non-hydrogen) atoms. The van der Waals surface area contributed by atoms with Crippen LogP contribution in [-0.4, -0.2) is 11.7 Å². The van der Waals surface area contributed by atoms with Gasteiger partial charge in [-0.15, -0.1) is 0 Å². The summed E-state index contributed by atoms with van der Waals surface area (Å²) >= 11 is 0. The Bertz CT molecular complexity index is 92.7. The second kappa shape index (κ2) is 4.57. The van der Waals surface area contributed by atoms with Gasteiger partial charge >= 0.3 is 0 Å². The van der Waals surface area contributed by atoms with Gasteiger partial charge in [-0.2, -0.15) is 0 Å².